The molecule has 0 amide bonds. The van der Waals surface area contributed by atoms with Crippen LogP contribution >= 0.6 is 11.6 Å². The Morgan fingerprint density at radius 2 is 1.77 bits per heavy atom. The third-order valence-electron chi connectivity index (χ3n) is 4.64. The van der Waals surface area contributed by atoms with Gasteiger partial charge in [0, 0.05) is 10.6 Å². The van der Waals surface area contributed by atoms with E-state index in [0.717, 1.165) is 28.3 Å². The summed E-state index contributed by atoms with van der Waals surface area (Å²) in [5.74, 6) is 0.858. The molecule has 0 aliphatic carbocycles. The van der Waals surface area contributed by atoms with Crippen LogP contribution in [0.3, 0.4) is 0 Å². The number of nitrogens with zero attached hydrogens (tertiary/aromatic N) is 2. The summed E-state index contributed by atoms with van der Waals surface area (Å²) in [6, 6.07) is 10.9. The highest BCUT2D eigenvalue weighted by molar-refractivity contribution is 6.30. The number of rotatable bonds is 5. The topological polar surface area (TPSA) is 65.4 Å². The molecule has 0 saturated heterocycles. The van der Waals surface area contributed by atoms with E-state index in [0.29, 0.717) is 22.0 Å². The Labute approximate surface area is 182 Å². The van der Waals surface area contributed by atoms with E-state index in [2.05, 4.69) is 10.4 Å². The normalized spacial score (nSPS) is 10.1. The third-order valence-corrected chi connectivity index (χ3v) is 4.88. The first-order valence-electron chi connectivity index (χ1n) is 9.71. The predicted molar refractivity (Wildman–Crippen MR) is 122 cm³/mol. The van der Waals surface area contributed by atoms with Gasteiger partial charge in [0.15, 0.2) is 0 Å². The maximum absolute atomic E-state index is 12.3. The van der Waals surface area contributed by atoms with Gasteiger partial charge in [0.2, 0.25) is 0 Å². The molecule has 0 aliphatic rings. The Morgan fingerprint density at radius 3 is 2.40 bits per heavy atom. The van der Waals surface area contributed by atoms with E-state index in [1.807, 2.05) is 52.8 Å². The lowest BCUT2D eigenvalue weighted by Gasteiger charge is -2.16. The molecule has 0 bridgehead atoms. The zero-order valence-electron chi connectivity index (χ0n) is 18.5. The molecule has 7 heteroatoms. The van der Waals surface area contributed by atoms with Gasteiger partial charge in [0.1, 0.15) is 11.6 Å². The van der Waals surface area contributed by atoms with Crippen LogP contribution in [0.1, 0.15) is 41.0 Å². The van der Waals surface area contributed by atoms with Gasteiger partial charge in [-0.05, 0) is 56.7 Å². The molecule has 1 heterocycles. The van der Waals surface area contributed by atoms with Gasteiger partial charge in [-0.3, -0.25) is 0 Å². The number of halogens is 1. The maximum Gasteiger partial charge on any atom is 0.340 e. The molecule has 0 fully saturated rings. The number of esters is 1. The Morgan fingerprint density at radius 1 is 1.07 bits per heavy atom. The number of ether oxygens (including phenoxy) is 2. The molecular formula is C23H28ClN3O3. The van der Waals surface area contributed by atoms with Gasteiger partial charge in [0.25, 0.3) is 0 Å². The van der Waals surface area contributed by atoms with Gasteiger partial charge in [0.05, 0.1) is 36.9 Å². The molecule has 1 aromatic heterocycles. The highest BCUT2D eigenvalue weighted by atomic mass is 35.5. The third kappa shape index (κ3) is 4.76. The molecule has 2 aromatic carbocycles. The Bertz CT molecular complexity index is 1040. The standard InChI is InChI=1S/C21H22ClN3O3.C2H6/c1-12-6-7-15(22)10-19(12)25-20(13(2)14(3)24-25)23-18-9-8-16(27-4)11-17(18)21(26)28-5;1-2/h6-11,23H,1-5H3;1-2H3. The summed E-state index contributed by atoms with van der Waals surface area (Å²) in [5, 5.41) is 8.63. The Kier molecular flexibility index (Phi) is 7.89. The van der Waals surface area contributed by atoms with Gasteiger partial charge in [-0.15, -0.1) is 0 Å². The molecule has 0 unspecified atom stereocenters. The molecule has 3 aromatic rings. The molecule has 0 atom stereocenters. The van der Waals surface area contributed by atoms with Crippen LogP contribution in [0, 0.1) is 20.8 Å². The number of hydrogen-bond acceptors (Lipinski definition) is 5. The van der Waals surface area contributed by atoms with Crippen molar-refractivity contribution in [2.45, 2.75) is 34.6 Å². The lowest BCUT2D eigenvalue weighted by molar-refractivity contribution is 0.0601. The van der Waals surface area contributed by atoms with Crippen LogP contribution in [0.5, 0.6) is 5.75 Å². The zero-order valence-corrected chi connectivity index (χ0v) is 19.2. The minimum atomic E-state index is -0.458. The number of anilines is 2. The minimum Gasteiger partial charge on any atom is -0.497 e. The Balaban J connectivity index is 0.00000155. The van der Waals surface area contributed by atoms with E-state index < -0.39 is 5.97 Å². The fraction of sp³-hybridized carbons (Fsp3) is 0.304. The number of nitrogens with one attached hydrogen (secondary N) is 1. The second kappa shape index (κ2) is 10.2. The van der Waals surface area contributed by atoms with Gasteiger partial charge in [-0.2, -0.15) is 5.10 Å². The summed E-state index contributed by atoms with van der Waals surface area (Å²) in [6.07, 6.45) is 0. The van der Waals surface area contributed by atoms with E-state index in [1.165, 1.54) is 7.11 Å². The molecule has 0 aliphatic heterocycles. The van der Waals surface area contributed by atoms with Crippen LogP contribution in [-0.2, 0) is 4.74 Å². The molecule has 0 radical (unpaired) electrons. The SMILES string of the molecule is CC.COC(=O)c1cc(OC)ccc1Nc1c(C)c(C)nn1-c1cc(Cl)ccc1C. The van der Waals surface area contributed by atoms with Gasteiger partial charge in [-0.25, -0.2) is 9.48 Å². The second-order valence-corrected chi connectivity index (χ2v) is 6.87. The average molecular weight is 430 g/mol. The minimum absolute atomic E-state index is 0.370. The number of aromatic nitrogens is 2. The highest BCUT2D eigenvalue weighted by Crippen LogP contribution is 2.31. The van der Waals surface area contributed by atoms with Crippen molar-refractivity contribution in [3.8, 4) is 11.4 Å². The summed E-state index contributed by atoms with van der Waals surface area (Å²) >= 11 is 6.21. The first-order valence-corrected chi connectivity index (χ1v) is 10.1. The Hall–Kier alpha value is -2.99. The van der Waals surface area contributed by atoms with E-state index in [4.69, 9.17) is 21.1 Å². The van der Waals surface area contributed by atoms with Crippen molar-refractivity contribution in [3.05, 3.63) is 63.8 Å². The van der Waals surface area contributed by atoms with Crippen LogP contribution in [0.4, 0.5) is 11.5 Å². The lowest BCUT2D eigenvalue weighted by atomic mass is 10.1. The van der Waals surface area contributed by atoms with Crippen molar-refractivity contribution in [1.29, 1.82) is 0 Å². The van der Waals surface area contributed by atoms with Crippen LogP contribution in [-0.4, -0.2) is 30.0 Å². The van der Waals surface area contributed by atoms with Gasteiger partial charge < -0.3 is 14.8 Å². The first-order chi connectivity index (χ1) is 14.3. The highest BCUT2D eigenvalue weighted by Gasteiger charge is 2.19. The fourth-order valence-corrected chi connectivity index (χ4v) is 3.07. The molecule has 160 valence electrons. The first kappa shape index (κ1) is 23.3. The number of carbonyl (C=O) groups is 1. The number of hydrogen-bond donors (Lipinski definition) is 1. The van der Waals surface area contributed by atoms with Crippen LogP contribution in [0.15, 0.2) is 36.4 Å². The maximum atomic E-state index is 12.3. The van der Waals surface area contributed by atoms with E-state index in [-0.39, 0.29) is 0 Å². The summed E-state index contributed by atoms with van der Waals surface area (Å²) in [5.41, 5.74) is 4.68. The molecule has 30 heavy (non-hydrogen) atoms. The number of carbonyl (C=O) groups excluding carboxylic acids is 1. The largest absolute Gasteiger partial charge is 0.497 e. The zero-order chi connectivity index (χ0) is 22.4. The van der Waals surface area contributed by atoms with Crippen molar-refractivity contribution in [2.24, 2.45) is 0 Å². The summed E-state index contributed by atoms with van der Waals surface area (Å²) in [7, 11) is 2.90. The smallest absolute Gasteiger partial charge is 0.340 e. The summed E-state index contributed by atoms with van der Waals surface area (Å²) in [4.78, 5) is 12.3. The predicted octanol–water partition coefficient (Wildman–Crippen LogP) is 6.02. The van der Waals surface area contributed by atoms with Crippen molar-refractivity contribution < 1.29 is 14.3 Å². The monoisotopic (exact) mass is 429 g/mol. The summed E-state index contributed by atoms with van der Waals surface area (Å²) < 4.78 is 12.0. The molecule has 0 spiro atoms. The number of aryl methyl sites for hydroxylation is 2. The lowest BCUT2D eigenvalue weighted by Crippen LogP contribution is -2.09. The molecular weight excluding hydrogens is 402 g/mol. The number of methoxy groups -OCH3 is 2. The average Bonchev–Trinajstić information content (AvgIpc) is 3.04. The van der Waals surface area contributed by atoms with Gasteiger partial charge >= 0.3 is 5.97 Å². The molecule has 6 nitrogen and oxygen atoms in total. The van der Waals surface area contributed by atoms with Crippen LogP contribution < -0.4 is 10.1 Å². The number of benzene rings is 2. The molecule has 1 N–H and O–H groups in total. The van der Waals surface area contributed by atoms with Crippen LogP contribution in [0.25, 0.3) is 5.69 Å². The van der Waals surface area contributed by atoms with Crippen molar-refractivity contribution in [2.75, 3.05) is 19.5 Å². The summed E-state index contributed by atoms with van der Waals surface area (Å²) in [6.45, 7) is 9.91. The van der Waals surface area contributed by atoms with E-state index in [1.54, 1.807) is 30.0 Å². The van der Waals surface area contributed by atoms with Gasteiger partial charge in [-0.1, -0.05) is 31.5 Å². The van der Waals surface area contributed by atoms with Crippen molar-refractivity contribution in [1.82, 2.24) is 9.78 Å². The fourth-order valence-electron chi connectivity index (χ4n) is 2.90. The molecule has 0 saturated carbocycles. The van der Waals surface area contributed by atoms with Crippen LogP contribution in [0.2, 0.25) is 5.02 Å². The van der Waals surface area contributed by atoms with Crippen molar-refractivity contribution >= 4 is 29.1 Å². The van der Waals surface area contributed by atoms with Crippen molar-refractivity contribution in [3.63, 3.8) is 0 Å². The quantitative estimate of drug-likeness (QED) is 0.502. The molecule has 3 rings (SSSR count). The second-order valence-electron chi connectivity index (χ2n) is 6.43. The van der Waals surface area contributed by atoms with E-state index >= 15 is 0 Å². The van der Waals surface area contributed by atoms with E-state index in [9.17, 15) is 4.79 Å².